The fraction of sp³-hybridized carbons (Fsp3) is 0.278. The number of anilines is 1. The quantitative estimate of drug-likeness (QED) is 0.414. The van der Waals surface area contributed by atoms with Crippen LogP contribution in [0.4, 0.5) is 11.4 Å². The molecular weight excluding hydrogens is 322 g/mol. The molecule has 2 aromatic carbocycles. The monoisotopic (exact) mass is 343 g/mol. The molecule has 0 heterocycles. The van der Waals surface area contributed by atoms with E-state index in [1.165, 1.54) is 6.07 Å². The van der Waals surface area contributed by atoms with E-state index in [1.54, 1.807) is 42.5 Å². The van der Waals surface area contributed by atoms with E-state index >= 15 is 0 Å². The number of amides is 1. The first-order valence-electron chi connectivity index (χ1n) is 8.10. The van der Waals surface area contributed by atoms with Gasteiger partial charge in [0.05, 0.1) is 11.5 Å². The third-order valence-electron chi connectivity index (χ3n) is 3.42. The molecule has 7 nitrogen and oxygen atoms in total. The lowest BCUT2D eigenvalue weighted by Crippen LogP contribution is -2.28. The largest absolute Gasteiger partial charge is 0.494 e. The Morgan fingerprint density at radius 1 is 1.12 bits per heavy atom. The number of carbonyl (C=O) groups excluding carboxylic acids is 1. The minimum atomic E-state index is -0.441. The number of para-hydroxylation sites is 2. The van der Waals surface area contributed by atoms with Crippen LogP contribution < -0.4 is 15.4 Å². The van der Waals surface area contributed by atoms with Gasteiger partial charge in [-0.25, -0.2) is 0 Å². The number of nitro benzene ring substituents is 1. The smallest absolute Gasteiger partial charge is 0.292 e. The first-order chi connectivity index (χ1) is 12.1. The van der Waals surface area contributed by atoms with Crippen molar-refractivity contribution in [3.63, 3.8) is 0 Å². The highest BCUT2D eigenvalue weighted by molar-refractivity contribution is 5.94. The van der Waals surface area contributed by atoms with E-state index in [1.807, 2.05) is 6.92 Å². The van der Waals surface area contributed by atoms with E-state index in [-0.39, 0.29) is 11.6 Å². The summed E-state index contributed by atoms with van der Waals surface area (Å²) in [5.41, 5.74) is 0.977. The molecular formula is C18H21N3O4. The summed E-state index contributed by atoms with van der Waals surface area (Å²) >= 11 is 0. The van der Waals surface area contributed by atoms with Crippen LogP contribution in [0.25, 0.3) is 0 Å². The maximum atomic E-state index is 12.1. The van der Waals surface area contributed by atoms with Crippen LogP contribution in [0.15, 0.2) is 48.5 Å². The minimum Gasteiger partial charge on any atom is -0.494 e. The van der Waals surface area contributed by atoms with Crippen LogP contribution in [-0.2, 0) is 0 Å². The molecule has 0 saturated carbocycles. The predicted octanol–water partition coefficient (Wildman–Crippen LogP) is 3.23. The summed E-state index contributed by atoms with van der Waals surface area (Å²) in [6, 6.07) is 13.3. The molecule has 2 aromatic rings. The molecule has 0 atom stereocenters. The van der Waals surface area contributed by atoms with Crippen molar-refractivity contribution in [2.45, 2.75) is 13.3 Å². The third-order valence-corrected chi connectivity index (χ3v) is 3.42. The zero-order valence-electron chi connectivity index (χ0n) is 14.0. The highest BCUT2D eigenvalue weighted by Gasteiger charge is 2.11. The van der Waals surface area contributed by atoms with Gasteiger partial charge in [0.1, 0.15) is 11.4 Å². The standard InChI is InChI=1S/C18H21N3O4/c1-2-13-25-15-9-7-14(8-10-15)18(22)20-12-11-19-16-5-3-4-6-17(16)21(23)24/h3-10,19H,2,11-13H2,1H3,(H,20,22). The lowest BCUT2D eigenvalue weighted by Gasteiger charge is -2.09. The minimum absolute atomic E-state index is 0.0106. The van der Waals surface area contributed by atoms with Crippen molar-refractivity contribution < 1.29 is 14.5 Å². The van der Waals surface area contributed by atoms with E-state index in [2.05, 4.69) is 10.6 Å². The van der Waals surface area contributed by atoms with Gasteiger partial charge in [-0.15, -0.1) is 0 Å². The maximum absolute atomic E-state index is 12.1. The molecule has 0 unspecified atom stereocenters. The van der Waals surface area contributed by atoms with Crippen molar-refractivity contribution in [1.29, 1.82) is 0 Å². The van der Waals surface area contributed by atoms with Gasteiger partial charge in [0.15, 0.2) is 0 Å². The van der Waals surface area contributed by atoms with Crippen LogP contribution >= 0.6 is 0 Å². The number of hydrogen-bond acceptors (Lipinski definition) is 5. The van der Waals surface area contributed by atoms with Crippen LogP contribution in [0.1, 0.15) is 23.7 Å². The summed E-state index contributed by atoms with van der Waals surface area (Å²) in [5, 5.41) is 16.7. The molecule has 0 aliphatic carbocycles. The molecule has 1 amide bonds. The number of nitro groups is 1. The molecule has 2 N–H and O–H groups in total. The summed E-state index contributed by atoms with van der Waals surface area (Å²) in [6.07, 6.45) is 0.925. The second-order valence-electron chi connectivity index (χ2n) is 5.33. The van der Waals surface area contributed by atoms with Crippen molar-refractivity contribution in [3.05, 3.63) is 64.2 Å². The molecule has 0 saturated heterocycles. The van der Waals surface area contributed by atoms with Crippen molar-refractivity contribution in [2.75, 3.05) is 25.0 Å². The molecule has 25 heavy (non-hydrogen) atoms. The van der Waals surface area contributed by atoms with Gasteiger partial charge in [0.2, 0.25) is 0 Å². The summed E-state index contributed by atoms with van der Waals surface area (Å²) in [5.74, 6) is 0.530. The molecule has 0 radical (unpaired) electrons. The van der Waals surface area contributed by atoms with Crippen LogP contribution in [0, 0.1) is 10.1 Å². The summed E-state index contributed by atoms with van der Waals surface area (Å²) < 4.78 is 5.47. The molecule has 0 aromatic heterocycles. The number of rotatable bonds is 9. The number of ether oxygens (including phenoxy) is 1. The van der Waals surface area contributed by atoms with Crippen molar-refractivity contribution in [1.82, 2.24) is 5.32 Å². The first kappa shape index (κ1) is 18.3. The second kappa shape index (κ2) is 9.27. The molecule has 7 heteroatoms. The number of benzene rings is 2. The lowest BCUT2D eigenvalue weighted by molar-refractivity contribution is -0.384. The van der Waals surface area contributed by atoms with E-state index in [4.69, 9.17) is 4.74 Å². The fourth-order valence-corrected chi connectivity index (χ4v) is 2.18. The summed E-state index contributed by atoms with van der Waals surface area (Å²) in [7, 11) is 0. The second-order valence-corrected chi connectivity index (χ2v) is 5.33. The third kappa shape index (κ3) is 5.49. The zero-order valence-corrected chi connectivity index (χ0v) is 14.0. The Bertz CT molecular complexity index is 717. The Morgan fingerprint density at radius 3 is 2.52 bits per heavy atom. The fourth-order valence-electron chi connectivity index (χ4n) is 2.18. The molecule has 0 aliphatic heterocycles. The van der Waals surface area contributed by atoms with E-state index in [0.29, 0.717) is 30.9 Å². The van der Waals surface area contributed by atoms with Gasteiger partial charge < -0.3 is 15.4 Å². The van der Waals surface area contributed by atoms with Gasteiger partial charge in [0.25, 0.3) is 11.6 Å². The Kier molecular flexibility index (Phi) is 6.76. The molecule has 0 bridgehead atoms. The van der Waals surface area contributed by atoms with Gasteiger partial charge in [-0.2, -0.15) is 0 Å². The number of hydrogen-bond donors (Lipinski definition) is 2. The van der Waals surface area contributed by atoms with Gasteiger partial charge >= 0.3 is 0 Å². The SMILES string of the molecule is CCCOc1ccc(C(=O)NCCNc2ccccc2[N+](=O)[O-])cc1. The maximum Gasteiger partial charge on any atom is 0.292 e. The van der Waals surface area contributed by atoms with E-state index < -0.39 is 4.92 Å². The Balaban J connectivity index is 1.80. The number of nitrogens with one attached hydrogen (secondary N) is 2. The van der Waals surface area contributed by atoms with E-state index in [9.17, 15) is 14.9 Å². The lowest BCUT2D eigenvalue weighted by atomic mass is 10.2. The van der Waals surface area contributed by atoms with Gasteiger partial charge in [-0.3, -0.25) is 14.9 Å². The normalized spacial score (nSPS) is 10.1. The predicted molar refractivity (Wildman–Crippen MR) is 96.1 cm³/mol. The van der Waals surface area contributed by atoms with Crippen molar-refractivity contribution in [2.24, 2.45) is 0 Å². The molecule has 132 valence electrons. The Hall–Kier alpha value is -3.09. The molecule has 0 spiro atoms. The van der Waals surface area contributed by atoms with Crippen LogP contribution in [0.3, 0.4) is 0 Å². The molecule has 2 rings (SSSR count). The van der Waals surface area contributed by atoms with Gasteiger partial charge in [0, 0.05) is 24.7 Å². The molecule has 0 aliphatic rings. The Morgan fingerprint density at radius 2 is 1.84 bits per heavy atom. The molecule has 0 fully saturated rings. The Labute approximate surface area is 146 Å². The summed E-state index contributed by atoms with van der Waals surface area (Å²) in [6.45, 7) is 3.40. The average Bonchev–Trinajstić information content (AvgIpc) is 2.64. The first-order valence-corrected chi connectivity index (χ1v) is 8.10. The number of nitrogens with zero attached hydrogens (tertiary/aromatic N) is 1. The average molecular weight is 343 g/mol. The van der Waals surface area contributed by atoms with Crippen molar-refractivity contribution >= 4 is 17.3 Å². The van der Waals surface area contributed by atoms with Crippen molar-refractivity contribution in [3.8, 4) is 5.75 Å². The van der Waals surface area contributed by atoms with Crippen LogP contribution in [0.2, 0.25) is 0 Å². The van der Waals surface area contributed by atoms with Crippen LogP contribution in [0.5, 0.6) is 5.75 Å². The van der Waals surface area contributed by atoms with Gasteiger partial charge in [-0.1, -0.05) is 19.1 Å². The highest BCUT2D eigenvalue weighted by Crippen LogP contribution is 2.22. The topological polar surface area (TPSA) is 93.5 Å². The summed E-state index contributed by atoms with van der Waals surface area (Å²) in [4.78, 5) is 22.6. The van der Waals surface area contributed by atoms with E-state index in [0.717, 1.165) is 12.2 Å². The highest BCUT2D eigenvalue weighted by atomic mass is 16.6. The zero-order chi connectivity index (χ0) is 18.1. The number of carbonyl (C=O) groups is 1. The van der Waals surface area contributed by atoms with Crippen LogP contribution in [-0.4, -0.2) is 30.5 Å². The van der Waals surface area contributed by atoms with Gasteiger partial charge in [-0.05, 0) is 36.8 Å².